The molecule has 0 radical (unpaired) electrons. The van der Waals surface area contributed by atoms with E-state index < -0.39 is 12.1 Å². The van der Waals surface area contributed by atoms with Crippen LogP contribution in [0.25, 0.3) is 6.08 Å². The van der Waals surface area contributed by atoms with Gasteiger partial charge >= 0.3 is 6.03 Å². The number of nitrogens with zero attached hydrogens (tertiary/aromatic N) is 2. The van der Waals surface area contributed by atoms with Crippen LogP contribution >= 0.6 is 23.2 Å². The molecule has 150 valence electrons. The lowest BCUT2D eigenvalue weighted by Crippen LogP contribution is -2.57. The number of halogens is 2. The number of hydrogen-bond acceptors (Lipinski definition) is 2. The molecule has 30 heavy (non-hydrogen) atoms. The van der Waals surface area contributed by atoms with Crippen molar-refractivity contribution in [2.45, 2.75) is 12.5 Å². The normalized spacial score (nSPS) is 17.1. The van der Waals surface area contributed by atoms with E-state index in [4.69, 9.17) is 23.2 Å². The van der Waals surface area contributed by atoms with Gasteiger partial charge in [0.2, 0.25) is 5.91 Å². The average molecular weight is 437 g/mol. The van der Waals surface area contributed by atoms with Gasteiger partial charge in [-0.3, -0.25) is 9.69 Å². The Morgan fingerprint density at radius 1 is 0.767 bits per heavy atom. The molecular formula is C24H18Cl2N2O2. The fourth-order valence-electron chi connectivity index (χ4n) is 3.41. The van der Waals surface area contributed by atoms with Gasteiger partial charge in [-0.25, -0.2) is 9.69 Å². The molecule has 3 aromatic rings. The number of carbonyl (C=O) groups is 2. The Hall–Kier alpha value is -3.08. The van der Waals surface area contributed by atoms with Crippen LogP contribution in [0, 0.1) is 0 Å². The van der Waals surface area contributed by atoms with Crippen LogP contribution in [0.4, 0.5) is 16.2 Å². The molecule has 3 aromatic carbocycles. The topological polar surface area (TPSA) is 40.6 Å². The number of benzene rings is 3. The van der Waals surface area contributed by atoms with Crippen LogP contribution in [0.5, 0.6) is 0 Å². The summed E-state index contributed by atoms with van der Waals surface area (Å²) in [4.78, 5) is 29.2. The van der Waals surface area contributed by atoms with Crippen molar-refractivity contribution in [2.75, 3.05) is 9.80 Å². The first-order valence-corrected chi connectivity index (χ1v) is 10.2. The fraction of sp³-hybridized carbons (Fsp3) is 0.0833. The molecule has 0 saturated carbocycles. The fourth-order valence-corrected chi connectivity index (χ4v) is 3.66. The highest BCUT2D eigenvalue weighted by atomic mass is 35.5. The van der Waals surface area contributed by atoms with Crippen molar-refractivity contribution in [3.05, 3.63) is 101 Å². The number of anilines is 2. The molecule has 4 rings (SSSR count). The smallest absolute Gasteiger partial charge is 0.286 e. The van der Waals surface area contributed by atoms with E-state index in [-0.39, 0.29) is 12.3 Å². The van der Waals surface area contributed by atoms with Gasteiger partial charge < -0.3 is 0 Å². The zero-order valence-electron chi connectivity index (χ0n) is 15.9. The summed E-state index contributed by atoms with van der Waals surface area (Å²) in [6, 6.07) is 22.6. The summed E-state index contributed by atoms with van der Waals surface area (Å²) < 4.78 is 0. The molecule has 0 spiro atoms. The van der Waals surface area contributed by atoms with E-state index in [2.05, 4.69) is 0 Å². The second kappa shape index (κ2) is 8.74. The maximum atomic E-state index is 13.5. The van der Waals surface area contributed by atoms with Crippen molar-refractivity contribution in [1.29, 1.82) is 0 Å². The predicted molar refractivity (Wildman–Crippen MR) is 122 cm³/mol. The van der Waals surface area contributed by atoms with E-state index >= 15 is 0 Å². The number of hydrogen-bond donors (Lipinski definition) is 0. The quantitative estimate of drug-likeness (QED) is 0.471. The summed E-state index contributed by atoms with van der Waals surface area (Å²) in [5.74, 6) is -0.268. The van der Waals surface area contributed by atoms with E-state index in [1.54, 1.807) is 53.4 Å². The highest BCUT2D eigenvalue weighted by molar-refractivity contribution is 6.31. The Labute approximate surface area is 184 Å². The molecule has 1 heterocycles. The summed E-state index contributed by atoms with van der Waals surface area (Å²) in [6.45, 7) is 0. The van der Waals surface area contributed by atoms with Gasteiger partial charge in [-0.15, -0.1) is 0 Å². The molecule has 3 amide bonds. The van der Waals surface area contributed by atoms with Crippen molar-refractivity contribution in [3.63, 3.8) is 0 Å². The monoisotopic (exact) mass is 436 g/mol. The molecule has 1 atom stereocenters. The minimum atomic E-state index is -0.421. The molecule has 0 aliphatic carbocycles. The standard InChI is InChI=1S/C24H18Cl2N2O2/c25-18-7-12-20(13-8-18)27-22(11-6-17-4-2-1-3-5-17)16-23(29)28(24(27)30)21-14-9-19(26)10-15-21/h1-15,22H,16H2/b11-6+. The number of rotatable bonds is 4. The lowest BCUT2D eigenvalue weighted by molar-refractivity contribution is -0.118. The molecule has 1 unspecified atom stereocenters. The first kappa shape index (κ1) is 20.2. The lowest BCUT2D eigenvalue weighted by Gasteiger charge is -2.39. The third-order valence-electron chi connectivity index (χ3n) is 4.86. The molecule has 0 bridgehead atoms. The first-order valence-electron chi connectivity index (χ1n) is 9.43. The predicted octanol–water partition coefficient (Wildman–Crippen LogP) is 6.44. The van der Waals surface area contributed by atoms with Crippen LogP contribution < -0.4 is 9.80 Å². The highest BCUT2D eigenvalue weighted by Crippen LogP contribution is 2.31. The van der Waals surface area contributed by atoms with Gasteiger partial charge in [0.1, 0.15) is 0 Å². The Balaban J connectivity index is 1.72. The molecule has 1 aliphatic rings. The van der Waals surface area contributed by atoms with Crippen molar-refractivity contribution >= 4 is 52.6 Å². The van der Waals surface area contributed by atoms with E-state index in [9.17, 15) is 9.59 Å². The summed E-state index contributed by atoms with van der Waals surface area (Å²) in [5.41, 5.74) is 2.14. The van der Waals surface area contributed by atoms with Crippen molar-refractivity contribution in [2.24, 2.45) is 0 Å². The Morgan fingerprint density at radius 2 is 1.33 bits per heavy atom. The molecule has 0 N–H and O–H groups in total. The van der Waals surface area contributed by atoms with Gasteiger partial charge in [0.15, 0.2) is 0 Å². The summed E-state index contributed by atoms with van der Waals surface area (Å²) >= 11 is 12.0. The largest absolute Gasteiger partial charge is 0.336 e. The van der Waals surface area contributed by atoms with Crippen LogP contribution in [0.3, 0.4) is 0 Å². The van der Waals surface area contributed by atoms with Gasteiger partial charge in [-0.2, -0.15) is 0 Å². The maximum absolute atomic E-state index is 13.5. The molecule has 6 heteroatoms. The zero-order valence-corrected chi connectivity index (χ0v) is 17.4. The molecule has 0 aromatic heterocycles. The highest BCUT2D eigenvalue weighted by Gasteiger charge is 2.39. The van der Waals surface area contributed by atoms with Crippen LogP contribution in [-0.2, 0) is 4.79 Å². The summed E-state index contributed by atoms with van der Waals surface area (Å²) in [6.07, 6.45) is 3.96. The summed E-state index contributed by atoms with van der Waals surface area (Å²) in [5, 5.41) is 1.11. The van der Waals surface area contributed by atoms with Crippen LogP contribution in [-0.4, -0.2) is 18.0 Å². The van der Waals surface area contributed by atoms with Gasteiger partial charge in [-0.05, 0) is 54.1 Å². The molecule has 1 saturated heterocycles. The van der Waals surface area contributed by atoms with Crippen LogP contribution in [0.15, 0.2) is 84.9 Å². The van der Waals surface area contributed by atoms with Gasteiger partial charge in [0, 0.05) is 15.7 Å². The number of imide groups is 1. The minimum absolute atomic E-state index is 0.153. The number of carbonyl (C=O) groups excluding carboxylic acids is 2. The van der Waals surface area contributed by atoms with Crippen molar-refractivity contribution < 1.29 is 9.59 Å². The van der Waals surface area contributed by atoms with Gasteiger partial charge in [-0.1, -0.05) is 65.7 Å². The third kappa shape index (κ3) is 4.25. The SMILES string of the molecule is O=C1CC(/C=C/c2ccccc2)N(c2ccc(Cl)cc2)C(=O)N1c1ccc(Cl)cc1. The van der Waals surface area contributed by atoms with Crippen molar-refractivity contribution in [3.8, 4) is 0 Å². The molecular weight excluding hydrogens is 419 g/mol. The molecule has 4 nitrogen and oxygen atoms in total. The van der Waals surface area contributed by atoms with Gasteiger partial charge in [0.05, 0.1) is 18.2 Å². The lowest BCUT2D eigenvalue weighted by atomic mass is 10.0. The van der Waals surface area contributed by atoms with E-state index in [1.165, 1.54) is 4.90 Å². The Morgan fingerprint density at radius 3 is 1.93 bits per heavy atom. The first-order chi connectivity index (χ1) is 14.5. The van der Waals surface area contributed by atoms with E-state index in [1.807, 2.05) is 42.5 Å². The maximum Gasteiger partial charge on any atom is 0.336 e. The van der Waals surface area contributed by atoms with Crippen molar-refractivity contribution in [1.82, 2.24) is 0 Å². The Bertz CT molecular complexity index is 1080. The Kier molecular flexibility index (Phi) is 5.88. The van der Waals surface area contributed by atoms with Crippen LogP contribution in [0.1, 0.15) is 12.0 Å². The molecule has 1 fully saturated rings. The van der Waals surface area contributed by atoms with Gasteiger partial charge in [0.25, 0.3) is 0 Å². The second-order valence-electron chi connectivity index (χ2n) is 6.88. The number of urea groups is 1. The zero-order chi connectivity index (χ0) is 21.1. The number of amides is 3. The van der Waals surface area contributed by atoms with E-state index in [0.717, 1.165) is 5.56 Å². The summed E-state index contributed by atoms with van der Waals surface area (Å²) in [7, 11) is 0. The second-order valence-corrected chi connectivity index (χ2v) is 7.75. The average Bonchev–Trinajstić information content (AvgIpc) is 2.75. The molecule has 1 aliphatic heterocycles. The van der Waals surface area contributed by atoms with E-state index in [0.29, 0.717) is 21.4 Å². The van der Waals surface area contributed by atoms with Crippen LogP contribution in [0.2, 0.25) is 10.0 Å². The minimum Gasteiger partial charge on any atom is -0.286 e. The third-order valence-corrected chi connectivity index (χ3v) is 5.37.